The molecular weight excluding hydrogens is 212 g/mol. The van der Waals surface area contributed by atoms with E-state index in [1.165, 1.54) is 37.2 Å². The van der Waals surface area contributed by atoms with E-state index in [4.69, 9.17) is 4.74 Å². The molecule has 1 aromatic rings. The third-order valence-electron chi connectivity index (χ3n) is 3.55. The molecule has 0 bridgehead atoms. The van der Waals surface area contributed by atoms with Crippen molar-refractivity contribution in [1.82, 2.24) is 9.88 Å². The summed E-state index contributed by atoms with van der Waals surface area (Å²) >= 11 is 0. The molecule has 1 aliphatic heterocycles. The van der Waals surface area contributed by atoms with Crippen molar-refractivity contribution in [2.24, 2.45) is 0 Å². The molecule has 2 heterocycles. The Bertz CT molecular complexity index is 329. The van der Waals surface area contributed by atoms with Crippen LogP contribution in [0, 0.1) is 6.92 Å². The zero-order valence-corrected chi connectivity index (χ0v) is 10.9. The van der Waals surface area contributed by atoms with E-state index < -0.39 is 0 Å². The van der Waals surface area contributed by atoms with Gasteiger partial charge >= 0.3 is 0 Å². The predicted molar refractivity (Wildman–Crippen MR) is 69.3 cm³/mol. The lowest BCUT2D eigenvalue weighted by Gasteiger charge is -2.31. The van der Waals surface area contributed by atoms with E-state index in [-0.39, 0.29) is 0 Å². The molecule has 1 aromatic heterocycles. The van der Waals surface area contributed by atoms with Crippen LogP contribution in [0.15, 0.2) is 18.3 Å². The van der Waals surface area contributed by atoms with Gasteiger partial charge in [0.2, 0.25) is 0 Å². The van der Waals surface area contributed by atoms with Crippen LogP contribution in [-0.4, -0.2) is 43.2 Å². The lowest BCUT2D eigenvalue weighted by Crippen LogP contribution is -2.35. The second-order valence-corrected chi connectivity index (χ2v) is 4.87. The fourth-order valence-corrected chi connectivity index (χ4v) is 2.39. The molecule has 3 heteroatoms. The molecule has 0 amide bonds. The number of ether oxygens (including phenoxy) is 1. The summed E-state index contributed by atoms with van der Waals surface area (Å²) in [5.74, 6) is 0.648. The summed E-state index contributed by atoms with van der Waals surface area (Å²) in [4.78, 5) is 7.03. The Hall–Kier alpha value is -0.930. The number of piperidine rings is 1. The molecule has 0 atom stereocenters. The van der Waals surface area contributed by atoms with Gasteiger partial charge in [-0.05, 0) is 44.5 Å². The normalized spacial score (nSPS) is 18.5. The molecule has 3 nitrogen and oxygen atoms in total. The largest absolute Gasteiger partial charge is 0.383 e. The lowest BCUT2D eigenvalue weighted by atomic mass is 9.93. The van der Waals surface area contributed by atoms with Crippen molar-refractivity contribution in [3.05, 3.63) is 29.6 Å². The maximum Gasteiger partial charge on any atom is 0.0589 e. The molecule has 0 saturated carbocycles. The highest BCUT2D eigenvalue weighted by Crippen LogP contribution is 2.26. The minimum Gasteiger partial charge on any atom is -0.383 e. The Balaban J connectivity index is 1.84. The van der Waals surface area contributed by atoms with Gasteiger partial charge in [0, 0.05) is 31.5 Å². The Morgan fingerprint density at radius 1 is 1.35 bits per heavy atom. The molecule has 0 spiro atoms. The molecule has 0 N–H and O–H groups in total. The topological polar surface area (TPSA) is 25.4 Å². The molecule has 1 aliphatic rings. The second-order valence-electron chi connectivity index (χ2n) is 4.87. The highest BCUT2D eigenvalue weighted by atomic mass is 16.5. The van der Waals surface area contributed by atoms with E-state index in [2.05, 4.69) is 28.9 Å². The third kappa shape index (κ3) is 3.51. The first-order chi connectivity index (χ1) is 8.29. The summed E-state index contributed by atoms with van der Waals surface area (Å²) in [7, 11) is 1.77. The van der Waals surface area contributed by atoms with Crippen molar-refractivity contribution in [2.45, 2.75) is 25.7 Å². The summed E-state index contributed by atoms with van der Waals surface area (Å²) in [5, 5.41) is 0. The van der Waals surface area contributed by atoms with Gasteiger partial charge < -0.3 is 9.64 Å². The molecule has 0 aromatic carbocycles. The quantitative estimate of drug-likeness (QED) is 0.798. The molecule has 94 valence electrons. The zero-order chi connectivity index (χ0) is 12.1. The van der Waals surface area contributed by atoms with Crippen LogP contribution in [0.2, 0.25) is 0 Å². The van der Waals surface area contributed by atoms with Crippen LogP contribution in [0.4, 0.5) is 0 Å². The van der Waals surface area contributed by atoms with Crippen LogP contribution >= 0.6 is 0 Å². The Morgan fingerprint density at radius 3 is 2.71 bits per heavy atom. The third-order valence-corrected chi connectivity index (χ3v) is 3.55. The van der Waals surface area contributed by atoms with Gasteiger partial charge in [0.25, 0.3) is 0 Å². The first-order valence-corrected chi connectivity index (χ1v) is 6.43. The van der Waals surface area contributed by atoms with Crippen LogP contribution in [-0.2, 0) is 4.74 Å². The number of likely N-dealkylation sites (tertiary alicyclic amines) is 1. The SMILES string of the molecule is COCCN1CCC(c2ccc(C)cn2)CC1. The minimum atomic E-state index is 0.648. The summed E-state index contributed by atoms with van der Waals surface area (Å²) in [6, 6.07) is 4.35. The number of pyridine rings is 1. The molecule has 17 heavy (non-hydrogen) atoms. The number of hydrogen-bond acceptors (Lipinski definition) is 3. The molecule has 1 fully saturated rings. The molecule has 0 radical (unpaired) electrons. The highest BCUT2D eigenvalue weighted by molar-refractivity contribution is 5.16. The zero-order valence-electron chi connectivity index (χ0n) is 10.9. The second kappa shape index (κ2) is 6.12. The number of nitrogens with zero attached hydrogens (tertiary/aromatic N) is 2. The Labute approximate surface area is 104 Å². The van der Waals surface area contributed by atoms with Crippen molar-refractivity contribution in [2.75, 3.05) is 33.4 Å². The monoisotopic (exact) mass is 234 g/mol. The number of rotatable bonds is 4. The Morgan fingerprint density at radius 2 is 2.12 bits per heavy atom. The van der Waals surface area contributed by atoms with Crippen LogP contribution in [0.5, 0.6) is 0 Å². The summed E-state index contributed by atoms with van der Waals surface area (Å²) in [6.07, 6.45) is 4.42. The van der Waals surface area contributed by atoms with Crippen molar-refractivity contribution >= 4 is 0 Å². The van der Waals surface area contributed by atoms with E-state index in [1.807, 2.05) is 6.20 Å². The van der Waals surface area contributed by atoms with Crippen LogP contribution < -0.4 is 0 Å². The smallest absolute Gasteiger partial charge is 0.0589 e. The van der Waals surface area contributed by atoms with Crippen LogP contribution in [0.3, 0.4) is 0 Å². The maximum atomic E-state index is 5.12. The molecule has 0 aliphatic carbocycles. The van der Waals surface area contributed by atoms with E-state index in [0.717, 1.165) is 13.2 Å². The number of aryl methyl sites for hydroxylation is 1. The van der Waals surface area contributed by atoms with Crippen molar-refractivity contribution in [3.63, 3.8) is 0 Å². The first-order valence-electron chi connectivity index (χ1n) is 6.43. The highest BCUT2D eigenvalue weighted by Gasteiger charge is 2.20. The average molecular weight is 234 g/mol. The van der Waals surface area contributed by atoms with Crippen LogP contribution in [0.25, 0.3) is 0 Å². The van der Waals surface area contributed by atoms with E-state index in [9.17, 15) is 0 Å². The van der Waals surface area contributed by atoms with E-state index >= 15 is 0 Å². The maximum absolute atomic E-state index is 5.12. The van der Waals surface area contributed by atoms with Gasteiger partial charge in [-0.15, -0.1) is 0 Å². The fourth-order valence-electron chi connectivity index (χ4n) is 2.39. The first kappa shape index (κ1) is 12.5. The van der Waals surface area contributed by atoms with E-state index in [0.29, 0.717) is 5.92 Å². The number of methoxy groups -OCH3 is 1. The lowest BCUT2D eigenvalue weighted by molar-refractivity contribution is 0.130. The number of hydrogen-bond donors (Lipinski definition) is 0. The van der Waals surface area contributed by atoms with E-state index in [1.54, 1.807) is 7.11 Å². The summed E-state index contributed by atoms with van der Waals surface area (Å²) in [5.41, 5.74) is 2.51. The van der Waals surface area contributed by atoms with Gasteiger partial charge in [-0.3, -0.25) is 4.98 Å². The van der Waals surface area contributed by atoms with Gasteiger partial charge in [-0.2, -0.15) is 0 Å². The van der Waals surface area contributed by atoms with Gasteiger partial charge in [0.05, 0.1) is 6.61 Å². The van der Waals surface area contributed by atoms with Crippen molar-refractivity contribution in [1.29, 1.82) is 0 Å². The van der Waals surface area contributed by atoms with Crippen LogP contribution in [0.1, 0.15) is 30.0 Å². The van der Waals surface area contributed by atoms with Gasteiger partial charge in [0.15, 0.2) is 0 Å². The van der Waals surface area contributed by atoms with Gasteiger partial charge in [-0.1, -0.05) is 6.07 Å². The van der Waals surface area contributed by atoms with Crippen molar-refractivity contribution < 1.29 is 4.74 Å². The number of aromatic nitrogens is 1. The summed E-state index contributed by atoms with van der Waals surface area (Å²) in [6.45, 7) is 6.33. The minimum absolute atomic E-state index is 0.648. The predicted octanol–water partition coefficient (Wildman–Crippen LogP) is 2.22. The van der Waals surface area contributed by atoms with Gasteiger partial charge in [-0.25, -0.2) is 0 Å². The molecule has 2 rings (SSSR count). The standard InChI is InChI=1S/C14H22N2O/c1-12-3-4-14(15-11-12)13-5-7-16(8-6-13)9-10-17-2/h3-4,11,13H,5-10H2,1-2H3. The average Bonchev–Trinajstić information content (AvgIpc) is 2.38. The fraction of sp³-hybridized carbons (Fsp3) is 0.643. The molecular formula is C14H22N2O. The Kier molecular flexibility index (Phi) is 4.51. The van der Waals surface area contributed by atoms with Crippen molar-refractivity contribution in [3.8, 4) is 0 Å². The molecule has 0 unspecified atom stereocenters. The molecule has 1 saturated heterocycles. The summed E-state index contributed by atoms with van der Waals surface area (Å²) < 4.78 is 5.12. The van der Waals surface area contributed by atoms with Gasteiger partial charge in [0.1, 0.15) is 0 Å².